The van der Waals surface area contributed by atoms with E-state index >= 15 is 0 Å². The Kier molecular flexibility index (Phi) is 6.47. The van der Waals surface area contributed by atoms with E-state index in [4.69, 9.17) is 9.47 Å². The molecule has 1 spiro atoms. The average molecular weight is 377 g/mol. The van der Waals surface area contributed by atoms with Crippen LogP contribution in [0.4, 0.5) is 0 Å². The van der Waals surface area contributed by atoms with Gasteiger partial charge in [0.15, 0.2) is 0 Å². The van der Waals surface area contributed by atoms with Crippen molar-refractivity contribution in [3.63, 3.8) is 0 Å². The molecule has 0 unspecified atom stereocenters. The van der Waals surface area contributed by atoms with Crippen LogP contribution in [0.25, 0.3) is 0 Å². The lowest BCUT2D eigenvalue weighted by molar-refractivity contribution is -0.208. The Balaban J connectivity index is 1.60. The van der Waals surface area contributed by atoms with Gasteiger partial charge in [-0.3, -0.25) is 14.7 Å². The fourth-order valence-corrected chi connectivity index (χ4v) is 4.20. The van der Waals surface area contributed by atoms with Crippen molar-refractivity contribution in [2.75, 3.05) is 32.9 Å². The quantitative estimate of drug-likeness (QED) is 0.773. The van der Waals surface area contributed by atoms with Gasteiger partial charge in [0.25, 0.3) is 0 Å². The Morgan fingerprint density at radius 1 is 1.37 bits per heavy atom. The highest BCUT2D eigenvalue weighted by Crippen LogP contribution is 2.40. The van der Waals surface area contributed by atoms with Crippen LogP contribution in [0.2, 0.25) is 0 Å². The summed E-state index contributed by atoms with van der Waals surface area (Å²) in [7, 11) is 0. The highest BCUT2D eigenvalue weighted by atomic mass is 16.5. The Hall–Kier alpha value is -1.54. The van der Waals surface area contributed by atoms with Crippen molar-refractivity contribution in [1.82, 2.24) is 15.2 Å². The summed E-state index contributed by atoms with van der Waals surface area (Å²) in [5.41, 5.74) is -0.0561. The third kappa shape index (κ3) is 4.66. The number of pyridine rings is 1. The molecule has 1 aromatic heterocycles. The van der Waals surface area contributed by atoms with Gasteiger partial charge in [-0.25, -0.2) is 0 Å². The zero-order valence-corrected chi connectivity index (χ0v) is 16.3. The third-order valence-electron chi connectivity index (χ3n) is 5.83. The van der Waals surface area contributed by atoms with Crippen molar-refractivity contribution in [2.24, 2.45) is 0 Å². The van der Waals surface area contributed by atoms with Gasteiger partial charge in [0.2, 0.25) is 5.91 Å². The number of carbonyl (C=O) groups is 1. The van der Waals surface area contributed by atoms with Crippen LogP contribution >= 0.6 is 0 Å². The van der Waals surface area contributed by atoms with E-state index in [1.54, 1.807) is 0 Å². The lowest BCUT2D eigenvalue weighted by atomic mass is 9.73. The number of nitrogens with zero attached hydrogens (tertiary/aromatic N) is 2. The van der Waals surface area contributed by atoms with Crippen LogP contribution in [0.15, 0.2) is 24.5 Å². The van der Waals surface area contributed by atoms with E-state index in [1.165, 1.54) is 5.56 Å². The van der Waals surface area contributed by atoms with E-state index < -0.39 is 17.2 Å². The van der Waals surface area contributed by atoms with E-state index in [-0.39, 0.29) is 12.5 Å². The van der Waals surface area contributed by atoms with Crippen molar-refractivity contribution in [3.05, 3.63) is 30.1 Å². The number of aliphatic hydroxyl groups excluding tert-OH is 1. The Labute approximate surface area is 161 Å². The van der Waals surface area contributed by atoms with Crippen LogP contribution < -0.4 is 5.32 Å². The zero-order chi connectivity index (χ0) is 19.3. The number of piperidine rings is 1. The minimum atomic E-state index is -0.743. The highest BCUT2D eigenvalue weighted by Gasteiger charge is 2.53. The van der Waals surface area contributed by atoms with E-state index in [9.17, 15) is 9.90 Å². The number of ether oxygens (including phenoxy) is 2. The summed E-state index contributed by atoms with van der Waals surface area (Å²) < 4.78 is 11.3. The average Bonchev–Trinajstić information content (AvgIpc) is 2.67. The molecule has 0 aliphatic carbocycles. The normalized spacial score (nSPS) is 28.2. The topological polar surface area (TPSA) is 83.9 Å². The summed E-state index contributed by atoms with van der Waals surface area (Å²) in [6.07, 6.45) is 4.96. The Bertz CT molecular complexity index is 619. The first-order chi connectivity index (χ1) is 13.0. The maximum absolute atomic E-state index is 12.1. The summed E-state index contributed by atoms with van der Waals surface area (Å²) in [6, 6.07) is 4.06. The molecule has 0 saturated carbocycles. The van der Waals surface area contributed by atoms with Crippen LogP contribution in [-0.2, 0) is 20.8 Å². The van der Waals surface area contributed by atoms with Crippen molar-refractivity contribution in [1.29, 1.82) is 0 Å². The number of aliphatic hydroxyl groups is 1. The lowest BCUT2D eigenvalue weighted by Crippen LogP contribution is -2.69. The summed E-state index contributed by atoms with van der Waals surface area (Å²) in [4.78, 5) is 18.6. The van der Waals surface area contributed by atoms with Gasteiger partial charge in [-0.05, 0) is 50.8 Å². The van der Waals surface area contributed by atoms with E-state index in [0.29, 0.717) is 19.6 Å². The van der Waals surface area contributed by atoms with Crippen molar-refractivity contribution in [2.45, 2.75) is 56.9 Å². The number of nitrogens with one attached hydrogen (secondary N) is 1. The zero-order valence-electron chi connectivity index (χ0n) is 16.3. The van der Waals surface area contributed by atoms with E-state index in [1.807, 2.05) is 38.4 Å². The second-order valence-electron chi connectivity index (χ2n) is 7.80. The number of amides is 1. The van der Waals surface area contributed by atoms with Gasteiger partial charge in [-0.1, -0.05) is 0 Å². The summed E-state index contributed by atoms with van der Waals surface area (Å²) in [6.45, 7) is 7.39. The maximum atomic E-state index is 12.1. The minimum absolute atomic E-state index is 0.0202. The second-order valence-corrected chi connectivity index (χ2v) is 7.80. The number of hydrogen-bond donors (Lipinski definition) is 2. The van der Waals surface area contributed by atoms with Gasteiger partial charge in [-0.2, -0.15) is 0 Å². The Morgan fingerprint density at radius 2 is 2.07 bits per heavy atom. The van der Waals surface area contributed by atoms with Gasteiger partial charge < -0.3 is 19.9 Å². The van der Waals surface area contributed by atoms with Gasteiger partial charge in [0.05, 0.1) is 11.1 Å². The van der Waals surface area contributed by atoms with Gasteiger partial charge in [0, 0.05) is 45.2 Å². The number of aromatic nitrogens is 1. The SMILES string of the molecule is CCOCC(=O)N[C@@]1(C)CCOC2(CCN(Cc3ccncc3)CC2)[C@@H]1O. The van der Waals surface area contributed by atoms with Gasteiger partial charge in [-0.15, -0.1) is 0 Å². The van der Waals surface area contributed by atoms with Crippen LogP contribution in [0.3, 0.4) is 0 Å². The smallest absolute Gasteiger partial charge is 0.246 e. The van der Waals surface area contributed by atoms with E-state index in [2.05, 4.69) is 15.2 Å². The lowest BCUT2D eigenvalue weighted by Gasteiger charge is -2.53. The molecule has 2 aliphatic heterocycles. The summed E-state index contributed by atoms with van der Waals surface area (Å²) >= 11 is 0. The monoisotopic (exact) mass is 377 g/mol. The van der Waals surface area contributed by atoms with Crippen molar-refractivity contribution in [3.8, 4) is 0 Å². The predicted molar refractivity (Wildman–Crippen MR) is 101 cm³/mol. The number of rotatable bonds is 6. The first-order valence-electron chi connectivity index (χ1n) is 9.79. The molecule has 2 N–H and O–H groups in total. The summed E-state index contributed by atoms with van der Waals surface area (Å²) in [5, 5.41) is 14.1. The molecule has 3 heterocycles. The fraction of sp³-hybridized carbons (Fsp3) is 0.700. The molecular formula is C20H31N3O4. The molecular weight excluding hydrogens is 346 g/mol. The molecule has 2 aliphatic rings. The molecule has 2 fully saturated rings. The molecule has 2 atom stereocenters. The van der Waals surface area contributed by atoms with Crippen LogP contribution in [-0.4, -0.2) is 71.1 Å². The molecule has 0 aromatic carbocycles. The maximum Gasteiger partial charge on any atom is 0.246 e. The molecule has 1 aromatic rings. The fourth-order valence-electron chi connectivity index (χ4n) is 4.20. The molecule has 150 valence electrons. The Morgan fingerprint density at radius 3 is 2.74 bits per heavy atom. The van der Waals surface area contributed by atoms with Crippen LogP contribution in [0.5, 0.6) is 0 Å². The predicted octanol–water partition coefficient (Wildman–Crippen LogP) is 1.11. The first kappa shape index (κ1) is 20.2. The number of likely N-dealkylation sites (tertiary alicyclic amines) is 1. The largest absolute Gasteiger partial charge is 0.388 e. The third-order valence-corrected chi connectivity index (χ3v) is 5.83. The first-order valence-corrected chi connectivity index (χ1v) is 9.79. The van der Waals surface area contributed by atoms with Crippen molar-refractivity contribution >= 4 is 5.91 Å². The van der Waals surface area contributed by atoms with Gasteiger partial charge >= 0.3 is 0 Å². The highest BCUT2D eigenvalue weighted by molar-refractivity contribution is 5.78. The minimum Gasteiger partial charge on any atom is -0.388 e. The molecule has 1 amide bonds. The van der Waals surface area contributed by atoms with Crippen LogP contribution in [0, 0.1) is 0 Å². The number of hydrogen-bond acceptors (Lipinski definition) is 6. The summed E-state index contributed by atoms with van der Waals surface area (Å²) in [5.74, 6) is -0.189. The molecule has 0 bridgehead atoms. The standard InChI is InChI=1S/C20H31N3O4/c1-3-26-15-17(24)22-19(2)8-13-27-20(18(19)25)6-11-23(12-7-20)14-16-4-9-21-10-5-16/h4-5,9-10,18,25H,3,6-8,11-15H2,1-2H3,(H,22,24)/t18-,19+/m1/s1. The van der Waals surface area contributed by atoms with Crippen LogP contribution in [0.1, 0.15) is 38.7 Å². The second kappa shape index (κ2) is 8.65. The molecule has 0 radical (unpaired) electrons. The van der Waals surface area contributed by atoms with Crippen molar-refractivity contribution < 1.29 is 19.4 Å². The van der Waals surface area contributed by atoms with Gasteiger partial charge in [0.1, 0.15) is 12.7 Å². The number of carbonyl (C=O) groups excluding carboxylic acids is 1. The molecule has 7 heteroatoms. The molecule has 3 rings (SSSR count). The molecule has 2 saturated heterocycles. The molecule has 7 nitrogen and oxygen atoms in total. The molecule has 27 heavy (non-hydrogen) atoms. The van der Waals surface area contributed by atoms with E-state index in [0.717, 1.165) is 32.5 Å².